The first kappa shape index (κ1) is 11.1. The number of amides is 1. The van der Waals surface area contributed by atoms with E-state index in [9.17, 15) is 4.79 Å². The van der Waals surface area contributed by atoms with Gasteiger partial charge in [0.25, 0.3) is 5.91 Å². The van der Waals surface area contributed by atoms with Gasteiger partial charge in [-0.3, -0.25) is 9.80 Å². The lowest BCUT2D eigenvalue weighted by Crippen LogP contribution is -2.42. The molecule has 0 aliphatic heterocycles. The van der Waals surface area contributed by atoms with E-state index in [1.54, 1.807) is 0 Å². The zero-order valence-electron chi connectivity index (χ0n) is 7.97. The average molecular weight is 209 g/mol. The van der Waals surface area contributed by atoms with Gasteiger partial charge >= 0.3 is 0 Å². The summed E-state index contributed by atoms with van der Waals surface area (Å²) in [6, 6.07) is 0. The van der Waals surface area contributed by atoms with Crippen LogP contribution in [0.25, 0.3) is 0 Å². The van der Waals surface area contributed by atoms with E-state index < -0.39 is 0 Å². The van der Waals surface area contributed by atoms with Crippen molar-refractivity contribution in [2.24, 2.45) is 5.84 Å². The van der Waals surface area contributed by atoms with Crippen LogP contribution in [0.4, 0.5) is 0 Å². The summed E-state index contributed by atoms with van der Waals surface area (Å²) in [5, 5.41) is 16.7. The van der Waals surface area contributed by atoms with E-state index in [1.807, 2.05) is 0 Å². The third-order valence-electron chi connectivity index (χ3n) is 1.54. The van der Waals surface area contributed by atoms with Crippen LogP contribution in [-0.2, 0) is 11.3 Å². The second-order valence-corrected chi connectivity index (χ2v) is 2.68. The van der Waals surface area contributed by atoms with Crippen molar-refractivity contribution in [3.05, 3.63) is 5.82 Å². The molecule has 0 bridgehead atoms. The number of nitrogens with zero attached hydrogens (tertiary/aromatic N) is 4. The fourth-order valence-corrected chi connectivity index (χ4v) is 0.830. The van der Waals surface area contributed by atoms with Gasteiger partial charge < -0.3 is 5.32 Å². The van der Waals surface area contributed by atoms with E-state index in [-0.39, 0.29) is 19.0 Å². The fraction of sp³-hybridized carbons (Fsp3) is 0.429. The highest BCUT2D eigenvalue weighted by Gasteiger charge is 2.07. The molecule has 1 rings (SSSR count). The van der Waals surface area contributed by atoms with Crippen LogP contribution < -0.4 is 11.2 Å². The minimum absolute atomic E-state index is 0.0822. The van der Waals surface area contributed by atoms with E-state index >= 15 is 0 Å². The molecule has 0 spiro atoms. The third kappa shape index (κ3) is 3.72. The number of aromatic amines is 1. The second-order valence-electron chi connectivity index (χ2n) is 2.68. The molecule has 0 radical (unpaired) electrons. The van der Waals surface area contributed by atoms with Gasteiger partial charge in [-0.05, 0) is 10.4 Å². The zero-order valence-corrected chi connectivity index (χ0v) is 7.97. The molecule has 0 saturated carbocycles. The number of carbonyl (C=O) groups is 1. The molecular formula is C7H11N7O. The molecule has 1 amide bonds. The first-order valence-corrected chi connectivity index (χ1v) is 4.16. The van der Waals surface area contributed by atoms with Gasteiger partial charge in [0.05, 0.1) is 19.6 Å². The molecule has 4 N–H and O–H groups in total. The molecule has 0 aromatic carbocycles. The van der Waals surface area contributed by atoms with Crippen molar-refractivity contribution in [2.45, 2.75) is 6.54 Å². The maximum Gasteiger partial charge on any atom is 0.251 e. The summed E-state index contributed by atoms with van der Waals surface area (Å²) in [6.07, 6.45) is 5.00. The Labute approximate surface area is 86.2 Å². The smallest absolute Gasteiger partial charge is 0.251 e. The van der Waals surface area contributed by atoms with E-state index in [2.05, 4.69) is 31.9 Å². The number of rotatable bonds is 5. The topological polar surface area (TPSA) is 113 Å². The van der Waals surface area contributed by atoms with Crippen LogP contribution in [0.5, 0.6) is 0 Å². The van der Waals surface area contributed by atoms with E-state index in [4.69, 9.17) is 12.3 Å². The SMILES string of the molecule is C#CCN(N)C(=O)CNCc1nnn[nH]1. The Hall–Kier alpha value is -1.98. The number of H-pyrrole nitrogens is 1. The van der Waals surface area contributed by atoms with Crippen molar-refractivity contribution < 1.29 is 4.79 Å². The van der Waals surface area contributed by atoms with E-state index in [1.165, 1.54) is 0 Å². The highest BCUT2D eigenvalue weighted by Crippen LogP contribution is 1.82. The van der Waals surface area contributed by atoms with Crippen molar-refractivity contribution in [1.29, 1.82) is 0 Å². The van der Waals surface area contributed by atoms with Gasteiger partial charge in [0, 0.05) is 0 Å². The van der Waals surface area contributed by atoms with Crippen molar-refractivity contribution in [2.75, 3.05) is 13.1 Å². The molecule has 1 aromatic rings. The molecule has 8 nitrogen and oxygen atoms in total. The number of hydrogen-bond acceptors (Lipinski definition) is 6. The molecule has 0 fully saturated rings. The Morgan fingerprint density at radius 2 is 2.53 bits per heavy atom. The summed E-state index contributed by atoms with van der Waals surface area (Å²) >= 11 is 0. The van der Waals surface area contributed by atoms with Crippen molar-refractivity contribution in [3.8, 4) is 12.3 Å². The van der Waals surface area contributed by atoms with E-state index in [0.29, 0.717) is 12.4 Å². The standard InChI is InChI=1S/C7H11N7O/c1-2-3-14(8)7(15)5-9-4-6-10-12-13-11-6/h1,9H,3-5,8H2,(H,10,11,12,13). The Kier molecular flexibility index (Phi) is 4.21. The Balaban J connectivity index is 2.20. The number of hydrazine groups is 1. The van der Waals surface area contributed by atoms with Crippen LogP contribution in [0.3, 0.4) is 0 Å². The summed E-state index contributed by atoms with van der Waals surface area (Å²) in [5.41, 5.74) is 0. The Morgan fingerprint density at radius 1 is 1.73 bits per heavy atom. The van der Waals surface area contributed by atoms with Crippen LogP contribution in [-0.4, -0.2) is 44.6 Å². The lowest BCUT2D eigenvalue weighted by atomic mass is 10.5. The normalized spacial score (nSPS) is 9.60. The number of carbonyl (C=O) groups excluding carboxylic acids is 1. The van der Waals surface area contributed by atoms with Gasteiger partial charge in [-0.15, -0.1) is 11.5 Å². The summed E-state index contributed by atoms with van der Waals surface area (Å²) in [4.78, 5) is 11.2. The molecule has 1 aromatic heterocycles. The molecule has 0 saturated heterocycles. The largest absolute Gasteiger partial charge is 0.301 e. The third-order valence-corrected chi connectivity index (χ3v) is 1.54. The van der Waals surface area contributed by atoms with Gasteiger partial charge in [0.1, 0.15) is 0 Å². The number of aromatic nitrogens is 4. The highest BCUT2D eigenvalue weighted by molar-refractivity contribution is 5.77. The van der Waals surface area contributed by atoms with Crippen LogP contribution >= 0.6 is 0 Å². The van der Waals surface area contributed by atoms with E-state index in [0.717, 1.165) is 5.01 Å². The molecule has 0 unspecified atom stereocenters. The summed E-state index contributed by atoms with van der Waals surface area (Å²) in [7, 11) is 0. The summed E-state index contributed by atoms with van der Waals surface area (Å²) in [5.74, 6) is 7.86. The van der Waals surface area contributed by atoms with Crippen LogP contribution in [0.15, 0.2) is 0 Å². The average Bonchev–Trinajstić information content (AvgIpc) is 2.71. The maximum absolute atomic E-state index is 11.2. The molecule has 0 aliphatic rings. The second kappa shape index (κ2) is 5.69. The van der Waals surface area contributed by atoms with Crippen molar-refractivity contribution in [3.63, 3.8) is 0 Å². The minimum atomic E-state index is -0.291. The molecule has 15 heavy (non-hydrogen) atoms. The van der Waals surface area contributed by atoms with Gasteiger partial charge in [-0.25, -0.2) is 10.9 Å². The zero-order chi connectivity index (χ0) is 11.1. The van der Waals surface area contributed by atoms with Crippen molar-refractivity contribution in [1.82, 2.24) is 30.9 Å². The van der Waals surface area contributed by atoms with Crippen LogP contribution in [0, 0.1) is 12.3 Å². The predicted octanol–water partition coefficient (Wildman–Crippen LogP) is -2.38. The number of nitrogens with one attached hydrogen (secondary N) is 2. The lowest BCUT2D eigenvalue weighted by Gasteiger charge is -2.12. The van der Waals surface area contributed by atoms with Gasteiger partial charge in [0.15, 0.2) is 5.82 Å². The van der Waals surface area contributed by atoms with Crippen LogP contribution in [0.2, 0.25) is 0 Å². The Bertz CT molecular complexity index is 341. The first-order valence-electron chi connectivity index (χ1n) is 4.16. The summed E-state index contributed by atoms with van der Waals surface area (Å²) in [6.45, 7) is 0.534. The van der Waals surface area contributed by atoms with Gasteiger partial charge in [-0.2, -0.15) is 0 Å². The quantitative estimate of drug-likeness (QED) is 0.216. The lowest BCUT2D eigenvalue weighted by molar-refractivity contribution is -0.129. The monoisotopic (exact) mass is 209 g/mol. The van der Waals surface area contributed by atoms with Crippen molar-refractivity contribution >= 4 is 5.91 Å². The number of nitrogens with two attached hydrogens (primary N) is 1. The molecule has 0 aliphatic carbocycles. The summed E-state index contributed by atoms with van der Waals surface area (Å²) < 4.78 is 0. The maximum atomic E-state index is 11.2. The molecule has 8 heteroatoms. The number of terminal acetylenes is 1. The fourth-order valence-electron chi connectivity index (χ4n) is 0.830. The first-order chi connectivity index (χ1) is 7.24. The molecule has 0 atom stereocenters. The molecular weight excluding hydrogens is 198 g/mol. The Morgan fingerprint density at radius 3 is 3.13 bits per heavy atom. The van der Waals surface area contributed by atoms with Gasteiger partial charge in [0.2, 0.25) is 0 Å². The number of hydrogen-bond donors (Lipinski definition) is 3. The molecule has 80 valence electrons. The highest BCUT2D eigenvalue weighted by atomic mass is 16.2. The predicted molar refractivity (Wildman–Crippen MR) is 50.6 cm³/mol. The van der Waals surface area contributed by atoms with Crippen LogP contribution in [0.1, 0.15) is 5.82 Å². The van der Waals surface area contributed by atoms with Gasteiger partial charge in [-0.1, -0.05) is 5.92 Å². The minimum Gasteiger partial charge on any atom is -0.301 e. The molecule has 1 heterocycles. The number of tetrazole rings is 1.